The first-order valence-electron chi connectivity index (χ1n) is 17.2. The predicted octanol–water partition coefficient (Wildman–Crippen LogP) is 9.73. The van der Waals surface area contributed by atoms with E-state index in [1.807, 2.05) is 0 Å². The molecule has 6 aromatic rings. The van der Waals surface area contributed by atoms with Crippen LogP contribution in [0.3, 0.4) is 0 Å². The van der Waals surface area contributed by atoms with Gasteiger partial charge in [0.15, 0.2) is 0 Å². The van der Waals surface area contributed by atoms with E-state index in [9.17, 15) is 0 Å². The fraction of sp³-hybridized carbons (Fsp3) is 0.182. The zero-order valence-corrected chi connectivity index (χ0v) is 27.3. The molecule has 4 aromatic carbocycles. The van der Waals surface area contributed by atoms with Crippen molar-refractivity contribution < 1.29 is 0 Å². The number of rotatable bonds is 2. The molecule has 3 unspecified atom stereocenters. The molecule has 0 amide bonds. The molecular weight excluding hydrogens is 585 g/mol. The topological polar surface area (TPSA) is 34.6 Å². The molecule has 232 valence electrons. The van der Waals surface area contributed by atoms with Gasteiger partial charge in [0.25, 0.3) is 0 Å². The summed E-state index contributed by atoms with van der Waals surface area (Å²) in [5.41, 5.74) is 15.0. The summed E-state index contributed by atoms with van der Waals surface area (Å²) < 4.78 is 4.99. The lowest BCUT2D eigenvalue weighted by Crippen LogP contribution is -2.42. The number of aromatic nitrogens is 2. The summed E-state index contributed by atoms with van der Waals surface area (Å²) in [5.74, 6) is 1.22. The quantitative estimate of drug-likeness (QED) is 0.185. The van der Waals surface area contributed by atoms with Gasteiger partial charge in [0, 0.05) is 28.2 Å². The highest BCUT2D eigenvalue weighted by molar-refractivity contribution is 6.13. The minimum absolute atomic E-state index is 0.0573. The molecule has 0 spiro atoms. The Bertz CT molecular complexity index is 2400. The van der Waals surface area contributed by atoms with Crippen molar-refractivity contribution in [2.24, 2.45) is 15.9 Å². The molecule has 3 aliphatic carbocycles. The number of hydrogen-bond acceptors (Lipinski definition) is 2. The number of benzene rings is 4. The van der Waals surface area contributed by atoms with Crippen molar-refractivity contribution in [3.8, 4) is 28.2 Å². The fourth-order valence-corrected chi connectivity index (χ4v) is 8.93. The minimum atomic E-state index is -0.455. The molecule has 10 rings (SSSR count). The van der Waals surface area contributed by atoms with E-state index in [4.69, 9.17) is 9.98 Å². The predicted molar refractivity (Wildman–Crippen MR) is 198 cm³/mol. The Morgan fingerprint density at radius 1 is 0.729 bits per heavy atom. The van der Waals surface area contributed by atoms with E-state index >= 15 is 0 Å². The molecule has 0 bridgehead atoms. The van der Waals surface area contributed by atoms with Crippen molar-refractivity contribution in [2.45, 2.75) is 44.6 Å². The zero-order valence-electron chi connectivity index (χ0n) is 27.3. The number of hydrogen-bond donors (Lipinski definition) is 0. The lowest BCUT2D eigenvalue weighted by atomic mass is 9.77. The van der Waals surface area contributed by atoms with Crippen molar-refractivity contribution in [1.82, 2.24) is 9.13 Å². The summed E-state index contributed by atoms with van der Waals surface area (Å²) in [7, 11) is 0. The summed E-state index contributed by atoms with van der Waals surface area (Å²) in [6.45, 7) is 4.64. The number of fused-ring (bicyclic) bond motifs is 10. The van der Waals surface area contributed by atoms with Crippen LogP contribution in [0, 0.1) is 5.92 Å². The van der Waals surface area contributed by atoms with Crippen LogP contribution in [0.15, 0.2) is 143 Å². The summed E-state index contributed by atoms with van der Waals surface area (Å²) in [4.78, 5) is 11.2. The van der Waals surface area contributed by atoms with Crippen LogP contribution in [0.4, 0.5) is 0 Å². The van der Waals surface area contributed by atoms with E-state index in [1.165, 1.54) is 61.5 Å². The zero-order chi connectivity index (χ0) is 32.0. The SMILES string of the molecule is CC1Cc2c(c3c(n2C2=NC4(C)C=CC=CC4C(c4ccccc4)=N2)-c2c(c4ccccc4n2-c2ccccc2)CC3)-c2ccccc21. The number of aryl methyl sites for hydroxylation is 1. The molecule has 0 saturated carbocycles. The van der Waals surface area contributed by atoms with Crippen molar-refractivity contribution in [1.29, 1.82) is 0 Å². The largest absolute Gasteiger partial charge is 0.307 e. The maximum absolute atomic E-state index is 5.63. The Kier molecular flexibility index (Phi) is 5.90. The third-order valence-corrected chi connectivity index (χ3v) is 11.1. The molecule has 4 nitrogen and oxygen atoms in total. The van der Waals surface area contributed by atoms with Gasteiger partial charge in [-0.3, -0.25) is 4.57 Å². The average Bonchev–Trinajstić information content (AvgIpc) is 3.64. The lowest BCUT2D eigenvalue weighted by molar-refractivity contribution is 0.509. The second-order valence-electron chi connectivity index (χ2n) is 13.9. The Hall–Kier alpha value is -5.48. The van der Waals surface area contributed by atoms with Gasteiger partial charge >= 0.3 is 0 Å². The van der Waals surface area contributed by atoms with Gasteiger partial charge in [-0.1, -0.05) is 122 Å². The van der Waals surface area contributed by atoms with Crippen molar-refractivity contribution in [2.75, 3.05) is 0 Å². The van der Waals surface area contributed by atoms with E-state index in [-0.39, 0.29) is 5.92 Å². The van der Waals surface area contributed by atoms with E-state index in [0.717, 1.165) is 36.5 Å². The van der Waals surface area contributed by atoms with Crippen LogP contribution in [0.1, 0.15) is 47.7 Å². The van der Waals surface area contributed by atoms with Crippen LogP contribution in [0.25, 0.3) is 39.1 Å². The fourth-order valence-electron chi connectivity index (χ4n) is 8.93. The summed E-state index contributed by atoms with van der Waals surface area (Å²) in [6, 6.07) is 39.6. The summed E-state index contributed by atoms with van der Waals surface area (Å²) in [6.07, 6.45) is 11.7. The first-order valence-corrected chi connectivity index (χ1v) is 17.2. The van der Waals surface area contributed by atoms with Gasteiger partial charge in [-0.2, -0.15) is 0 Å². The smallest absolute Gasteiger partial charge is 0.230 e. The van der Waals surface area contributed by atoms with Crippen LogP contribution in [-0.2, 0) is 19.3 Å². The molecule has 1 aliphatic heterocycles. The molecular formula is C44H36N4. The number of allylic oxidation sites excluding steroid dienone is 2. The summed E-state index contributed by atoms with van der Waals surface area (Å²) >= 11 is 0. The van der Waals surface area contributed by atoms with Gasteiger partial charge in [0.2, 0.25) is 5.96 Å². The van der Waals surface area contributed by atoms with E-state index in [0.29, 0.717) is 5.92 Å². The number of para-hydroxylation sites is 2. The molecule has 0 radical (unpaired) electrons. The third kappa shape index (κ3) is 3.83. The van der Waals surface area contributed by atoms with Crippen LogP contribution >= 0.6 is 0 Å². The molecule has 4 aliphatic rings. The highest BCUT2D eigenvalue weighted by Gasteiger charge is 2.42. The third-order valence-electron chi connectivity index (χ3n) is 11.1. The van der Waals surface area contributed by atoms with Gasteiger partial charge < -0.3 is 4.57 Å². The Balaban J connectivity index is 1.35. The molecule has 0 fully saturated rings. The monoisotopic (exact) mass is 620 g/mol. The van der Waals surface area contributed by atoms with Crippen molar-refractivity contribution in [3.63, 3.8) is 0 Å². The highest BCUT2D eigenvalue weighted by Crippen LogP contribution is 2.51. The Labute approximate surface area is 281 Å². The molecule has 0 saturated heterocycles. The molecule has 3 heterocycles. The average molecular weight is 621 g/mol. The maximum atomic E-state index is 5.63. The van der Waals surface area contributed by atoms with Crippen LogP contribution < -0.4 is 0 Å². The minimum Gasteiger partial charge on any atom is -0.307 e. The first-order chi connectivity index (χ1) is 23.6. The first kappa shape index (κ1) is 27.6. The van der Waals surface area contributed by atoms with Gasteiger partial charge in [-0.05, 0) is 78.1 Å². The van der Waals surface area contributed by atoms with Crippen LogP contribution in [0.5, 0.6) is 0 Å². The van der Waals surface area contributed by atoms with Gasteiger partial charge in [0.05, 0.1) is 28.2 Å². The lowest BCUT2D eigenvalue weighted by Gasteiger charge is -2.37. The molecule has 4 heteroatoms. The van der Waals surface area contributed by atoms with Crippen molar-refractivity contribution >= 4 is 22.6 Å². The standard InChI is InChI=1S/C44H36N4/c1-28-27-38-39(33-21-10-9-19-31(28)33)35-25-24-34-32-20-11-12-23-37(32)47(30-17-7-4-8-18-30)41(34)42(35)48(38)43-45-40(29-15-5-3-6-16-29)36-22-13-14-26-44(36,2)46-43/h3-23,26,28,36H,24-25,27H2,1-2H3. The highest BCUT2D eigenvalue weighted by atomic mass is 15.2. The molecule has 0 N–H and O–H groups in total. The summed E-state index contributed by atoms with van der Waals surface area (Å²) in [5, 5.41) is 1.33. The van der Waals surface area contributed by atoms with Crippen LogP contribution in [-0.4, -0.2) is 26.3 Å². The molecule has 3 atom stereocenters. The van der Waals surface area contributed by atoms with Gasteiger partial charge in [-0.15, -0.1) is 0 Å². The Morgan fingerprint density at radius 3 is 2.29 bits per heavy atom. The van der Waals surface area contributed by atoms with Crippen molar-refractivity contribution in [3.05, 3.63) is 161 Å². The van der Waals surface area contributed by atoms with E-state index < -0.39 is 5.54 Å². The second kappa shape index (κ2) is 10.3. The second-order valence-corrected chi connectivity index (χ2v) is 13.9. The Morgan fingerprint density at radius 2 is 1.44 bits per heavy atom. The maximum Gasteiger partial charge on any atom is 0.230 e. The number of aliphatic imine (C=N–C) groups is 2. The number of nitrogens with zero attached hydrogens (tertiary/aromatic N) is 4. The normalized spacial score (nSPS) is 21.9. The molecule has 48 heavy (non-hydrogen) atoms. The van der Waals surface area contributed by atoms with E-state index in [2.05, 4.69) is 156 Å². The molecule has 2 aromatic heterocycles. The van der Waals surface area contributed by atoms with E-state index in [1.54, 1.807) is 0 Å². The van der Waals surface area contributed by atoms with Crippen LogP contribution in [0.2, 0.25) is 0 Å². The van der Waals surface area contributed by atoms with Gasteiger partial charge in [-0.25, -0.2) is 9.98 Å². The van der Waals surface area contributed by atoms with Gasteiger partial charge in [0.1, 0.15) is 0 Å².